The molecule has 1 aliphatic heterocycles. The van der Waals surface area contributed by atoms with Crippen LogP contribution in [0.15, 0.2) is 11.6 Å². The van der Waals surface area contributed by atoms with Gasteiger partial charge in [-0.25, -0.2) is 0 Å². The van der Waals surface area contributed by atoms with Crippen LogP contribution in [0, 0.1) is 5.92 Å². The Bertz CT molecular complexity index is 147. The smallest absolute Gasteiger partial charge is 0.0282 e. The van der Waals surface area contributed by atoms with Gasteiger partial charge in [-0.1, -0.05) is 25.5 Å². The molecular weight excluding hydrogens is 122 g/mol. The van der Waals surface area contributed by atoms with E-state index in [0.29, 0.717) is 6.04 Å². The molecule has 1 aliphatic rings. The first-order valence-electron chi connectivity index (χ1n) is 4.03. The number of hydrogen-bond acceptors (Lipinski definition) is 1. The maximum absolute atomic E-state index is 2.37. The molecule has 0 N–H and O–H groups in total. The first kappa shape index (κ1) is 7.80. The second-order valence-electron chi connectivity index (χ2n) is 3.47. The largest absolute Gasteiger partial charge is 0.296 e. The molecule has 0 bridgehead atoms. The lowest BCUT2D eigenvalue weighted by atomic mass is 9.99. The third-order valence-corrected chi connectivity index (χ3v) is 2.43. The highest BCUT2D eigenvalue weighted by atomic mass is 15.1. The Morgan fingerprint density at radius 2 is 2.20 bits per heavy atom. The Morgan fingerprint density at radius 1 is 1.60 bits per heavy atom. The summed E-state index contributed by atoms with van der Waals surface area (Å²) in [7, 11) is 2.18. The van der Waals surface area contributed by atoms with Gasteiger partial charge in [-0.3, -0.25) is 4.90 Å². The van der Waals surface area contributed by atoms with Crippen LogP contribution in [0.1, 0.15) is 20.8 Å². The van der Waals surface area contributed by atoms with Gasteiger partial charge in [-0.05, 0) is 19.9 Å². The highest BCUT2D eigenvalue weighted by molar-refractivity contribution is 5.18. The van der Waals surface area contributed by atoms with E-state index in [1.165, 1.54) is 0 Å². The quantitative estimate of drug-likeness (QED) is 0.501. The summed E-state index contributed by atoms with van der Waals surface area (Å²) in [6.45, 7) is 7.94. The summed E-state index contributed by atoms with van der Waals surface area (Å²) in [5.41, 5.74) is 1.60. The van der Waals surface area contributed by atoms with Crippen molar-refractivity contribution < 1.29 is 0 Å². The van der Waals surface area contributed by atoms with Crippen LogP contribution < -0.4 is 0 Å². The molecule has 58 valence electrons. The predicted molar refractivity (Wildman–Crippen MR) is 45.0 cm³/mol. The van der Waals surface area contributed by atoms with E-state index in [9.17, 15) is 0 Å². The third-order valence-electron chi connectivity index (χ3n) is 2.43. The van der Waals surface area contributed by atoms with Crippen LogP contribution in [0.2, 0.25) is 0 Å². The van der Waals surface area contributed by atoms with Crippen molar-refractivity contribution in [2.75, 3.05) is 13.6 Å². The molecule has 1 heteroatoms. The minimum absolute atomic E-state index is 0.667. The van der Waals surface area contributed by atoms with Gasteiger partial charge in [0.25, 0.3) is 0 Å². The standard InChI is InChI=1S/C9H17N/c1-7(2)9-5-6-10(4)8(9)3/h5,7-8H,6H2,1-4H3/t8-/m0/s1. The molecule has 1 atom stereocenters. The molecule has 0 aromatic carbocycles. The Kier molecular flexibility index (Phi) is 2.14. The molecule has 0 spiro atoms. The van der Waals surface area contributed by atoms with Crippen molar-refractivity contribution in [2.45, 2.75) is 26.8 Å². The average Bonchev–Trinajstić information content (AvgIpc) is 2.14. The number of likely N-dealkylation sites (N-methyl/N-ethyl adjacent to an activating group) is 1. The van der Waals surface area contributed by atoms with Crippen LogP contribution in [0.5, 0.6) is 0 Å². The Labute approximate surface area is 63.7 Å². The SMILES string of the molecule is CC(C)C1=CCN(C)[C@H]1C. The van der Waals surface area contributed by atoms with E-state index < -0.39 is 0 Å². The molecule has 0 amide bonds. The Balaban J connectivity index is 2.62. The molecule has 0 unspecified atom stereocenters. The topological polar surface area (TPSA) is 3.24 Å². The van der Waals surface area contributed by atoms with Crippen molar-refractivity contribution >= 4 is 0 Å². The summed E-state index contributed by atoms with van der Waals surface area (Å²) < 4.78 is 0. The lowest BCUT2D eigenvalue weighted by Crippen LogP contribution is -2.25. The highest BCUT2D eigenvalue weighted by Gasteiger charge is 2.20. The maximum atomic E-state index is 2.37. The van der Waals surface area contributed by atoms with Crippen LogP contribution in [0.25, 0.3) is 0 Å². The normalized spacial score (nSPS) is 27.7. The fourth-order valence-electron chi connectivity index (χ4n) is 1.55. The van der Waals surface area contributed by atoms with Gasteiger partial charge in [0, 0.05) is 12.6 Å². The molecule has 0 saturated carbocycles. The van der Waals surface area contributed by atoms with Crippen molar-refractivity contribution in [1.29, 1.82) is 0 Å². The minimum atomic E-state index is 0.667. The van der Waals surface area contributed by atoms with Crippen molar-refractivity contribution in [3.63, 3.8) is 0 Å². The van der Waals surface area contributed by atoms with Gasteiger partial charge >= 0.3 is 0 Å². The fourth-order valence-corrected chi connectivity index (χ4v) is 1.55. The zero-order valence-electron chi connectivity index (χ0n) is 7.39. The van der Waals surface area contributed by atoms with E-state index in [4.69, 9.17) is 0 Å². The van der Waals surface area contributed by atoms with E-state index in [1.807, 2.05) is 0 Å². The van der Waals surface area contributed by atoms with Crippen LogP contribution in [-0.2, 0) is 0 Å². The first-order chi connectivity index (χ1) is 4.63. The number of hydrogen-bond donors (Lipinski definition) is 0. The van der Waals surface area contributed by atoms with Crippen molar-refractivity contribution in [3.8, 4) is 0 Å². The van der Waals surface area contributed by atoms with Gasteiger partial charge in [-0.15, -0.1) is 0 Å². The van der Waals surface area contributed by atoms with E-state index >= 15 is 0 Å². The van der Waals surface area contributed by atoms with Gasteiger partial charge in [-0.2, -0.15) is 0 Å². The van der Waals surface area contributed by atoms with Crippen molar-refractivity contribution in [2.24, 2.45) is 5.92 Å². The molecule has 0 saturated heterocycles. The van der Waals surface area contributed by atoms with E-state index in [1.54, 1.807) is 5.57 Å². The van der Waals surface area contributed by atoms with Crippen LogP contribution in [0.4, 0.5) is 0 Å². The van der Waals surface area contributed by atoms with Crippen LogP contribution in [-0.4, -0.2) is 24.5 Å². The van der Waals surface area contributed by atoms with Crippen molar-refractivity contribution in [1.82, 2.24) is 4.90 Å². The van der Waals surface area contributed by atoms with Gasteiger partial charge in [0.05, 0.1) is 0 Å². The summed E-state index contributed by atoms with van der Waals surface area (Å²) in [5.74, 6) is 0.722. The second-order valence-corrected chi connectivity index (χ2v) is 3.47. The summed E-state index contributed by atoms with van der Waals surface area (Å²) in [6, 6.07) is 0.667. The molecule has 0 aromatic rings. The van der Waals surface area contributed by atoms with Gasteiger partial charge < -0.3 is 0 Å². The lowest BCUT2D eigenvalue weighted by Gasteiger charge is -2.20. The molecule has 0 radical (unpaired) electrons. The van der Waals surface area contributed by atoms with Gasteiger partial charge in [0.2, 0.25) is 0 Å². The predicted octanol–water partition coefficient (Wildman–Crippen LogP) is 1.90. The van der Waals surface area contributed by atoms with E-state index in [-0.39, 0.29) is 0 Å². The van der Waals surface area contributed by atoms with Crippen molar-refractivity contribution in [3.05, 3.63) is 11.6 Å². The maximum Gasteiger partial charge on any atom is 0.0282 e. The zero-order chi connectivity index (χ0) is 7.72. The molecule has 1 nitrogen and oxygen atoms in total. The van der Waals surface area contributed by atoms with E-state index in [0.717, 1.165) is 12.5 Å². The Hall–Kier alpha value is -0.300. The summed E-state index contributed by atoms with van der Waals surface area (Å²) in [6.07, 6.45) is 2.36. The molecule has 1 heterocycles. The molecule has 0 aliphatic carbocycles. The fraction of sp³-hybridized carbons (Fsp3) is 0.778. The number of nitrogens with zero attached hydrogens (tertiary/aromatic N) is 1. The van der Waals surface area contributed by atoms with E-state index in [2.05, 4.69) is 38.8 Å². The van der Waals surface area contributed by atoms with Gasteiger partial charge in [0.1, 0.15) is 0 Å². The lowest BCUT2D eigenvalue weighted by molar-refractivity contribution is 0.333. The summed E-state index contributed by atoms with van der Waals surface area (Å²) in [4.78, 5) is 2.37. The molecule has 1 rings (SSSR count). The molecular formula is C9H17N. The third kappa shape index (κ3) is 1.24. The molecule has 0 aromatic heterocycles. The van der Waals surface area contributed by atoms with Gasteiger partial charge in [0.15, 0.2) is 0 Å². The molecule has 10 heavy (non-hydrogen) atoms. The first-order valence-corrected chi connectivity index (χ1v) is 4.03. The number of rotatable bonds is 1. The minimum Gasteiger partial charge on any atom is -0.296 e. The second kappa shape index (κ2) is 2.75. The van der Waals surface area contributed by atoms with Crippen LogP contribution >= 0.6 is 0 Å². The molecule has 0 fully saturated rings. The summed E-state index contributed by atoms with van der Waals surface area (Å²) in [5, 5.41) is 0. The monoisotopic (exact) mass is 139 g/mol. The highest BCUT2D eigenvalue weighted by Crippen LogP contribution is 2.22. The Morgan fingerprint density at radius 3 is 2.40 bits per heavy atom. The van der Waals surface area contributed by atoms with Crippen LogP contribution in [0.3, 0.4) is 0 Å². The zero-order valence-corrected chi connectivity index (χ0v) is 7.39. The average molecular weight is 139 g/mol. The summed E-state index contributed by atoms with van der Waals surface area (Å²) >= 11 is 0.